The number of hydrogen-bond donors (Lipinski definition) is 1. The molecule has 1 aromatic heterocycles. The molecule has 17 heavy (non-hydrogen) atoms. The predicted molar refractivity (Wildman–Crippen MR) is 66.7 cm³/mol. The Morgan fingerprint density at radius 2 is 2.29 bits per heavy atom. The van der Waals surface area contributed by atoms with Gasteiger partial charge in [0.2, 0.25) is 5.91 Å². The molecule has 0 aromatic carbocycles. The average Bonchev–Trinajstić information content (AvgIpc) is 2.49. The average molecular weight is 235 g/mol. The molecule has 1 fully saturated rings. The molecule has 1 saturated carbocycles. The normalized spacial score (nSPS) is 15.6. The van der Waals surface area contributed by atoms with Gasteiger partial charge in [0.15, 0.2) is 0 Å². The lowest BCUT2D eigenvalue weighted by Gasteiger charge is -2.24. The topological polar surface area (TPSA) is 46.9 Å². The van der Waals surface area contributed by atoms with Crippen LogP contribution in [-0.4, -0.2) is 22.2 Å². The molecule has 0 aliphatic heterocycles. The minimum Gasteiger partial charge on any atom is -0.356 e. The smallest absolute Gasteiger partial charge is 0.223 e. The van der Waals surface area contributed by atoms with E-state index in [2.05, 4.69) is 23.4 Å². The summed E-state index contributed by atoms with van der Waals surface area (Å²) in [6, 6.07) is 2.08. The Kier molecular flexibility index (Phi) is 3.82. The summed E-state index contributed by atoms with van der Waals surface area (Å²) in [4.78, 5) is 11.6. The lowest BCUT2D eigenvalue weighted by Crippen LogP contribution is -2.35. The van der Waals surface area contributed by atoms with Crippen molar-refractivity contribution in [2.24, 2.45) is 5.92 Å². The van der Waals surface area contributed by atoms with Gasteiger partial charge in [0.1, 0.15) is 0 Å². The van der Waals surface area contributed by atoms with Gasteiger partial charge in [0, 0.05) is 24.7 Å². The van der Waals surface area contributed by atoms with Crippen molar-refractivity contribution in [2.45, 2.75) is 46.1 Å². The Balaban J connectivity index is 1.65. The van der Waals surface area contributed by atoms with Crippen LogP contribution in [0.2, 0.25) is 0 Å². The van der Waals surface area contributed by atoms with Crippen molar-refractivity contribution in [3.05, 3.63) is 17.5 Å². The van der Waals surface area contributed by atoms with Crippen LogP contribution in [0.25, 0.3) is 0 Å². The molecule has 0 unspecified atom stereocenters. The van der Waals surface area contributed by atoms with Gasteiger partial charge in [0.25, 0.3) is 0 Å². The lowest BCUT2D eigenvalue weighted by molar-refractivity contribution is -0.127. The van der Waals surface area contributed by atoms with Crippen LogP contribution in [0.4, 0.5) is 0 Å². The number of carbonyl (C=O) groups excluding carboxylic acids is 1. The summed E-state index contributed by atoms with van der Waals surface area (Å²) in [5.74, 6) is 0.535. The Labute approximate surface area is 102 Å². The molecular formula is C13H21N3O. The van der Waals surface area contributed by atoms with E-state index in [4.69, 9.17) is 0 Å². The molecular weight excluding hydrogens is 214 g/mol. The summed E-state index contributed by atoms with van der Waals surface area (Å²) in [5, 5.41) is 7.39. The number of aryl methyl sites for hydroxylation is 3. The maximum absolute atomic E-state index is 11.6. The SMILES string of the molecule is Cc1cc(C)n(CCCNC(=O)C2CCC2)n1. The second-order valence-corrected chi connectivity index (χ2v) is 4.92. The molecule has 1 aromatic rings. The van der Waals surface area contributed by atoms with Gasteiger partial charge < -0.3 is 5.32 Å². The Morgan fingerprint density at radius 3 is 2.82 bits per heavy atom. The number of amides is 1. The first-order valence-electron chi connectivity index (χ1n) is 6.45. The third-order valence-electron chi connectivity index (χ3n) is 3.43. The summed E-state index contributed by atoms with van der Waals surface area (Å²) in [6.45, 7) is 5.70. The van der Waals surface area contributed by atoms with E-state index in [0.717, 1.165) is 38.0 Å². The van der Waals surface area contributed by atoms with E-state index in [-0.39, 0.29) is 5.91 Å². The largest absolute Gasteiger partial charge is 0.356 e. The molecule has 0 bridgehead atoms. The van der Waals surface area contributed by atoms with Crippen molar-refractivity contribution in [3.8, 4) is 0 Å². The molecule has 0 atom stereocenters. The van der Waals surface area contributed by atoms with Crippen LogP contribution in [-0.2, 0) is 11.3 Å². The number of carbonyl (C=O) groups is 1. The molecule has 1 aliphatic carbocycles. The summed E-state index contributed by atoms with van der Waals surface area (Å²) >= 11 is 0. The van der Waals surface area contributed by atoms with Crippen molar-refractivity contribution in [1.82, 2.24) is 15.1 Å². The van der Waals surface area contributed by atoms with Crippen molar-refractivity contribution in [2.75, 3.05) is 6.54 Å². The third-order valence-corrected chi connectivity index (χ3v) is 3.43. The number of nitrogens with zero attached hydrogens (tertiary/aromatic N) is 2. The Morgan fingerprint density at radius 1 is 1.53 bits per heavy atom. The van der Waals surface area contributed by atoms with Crippen LogP contribution in [0.5, 0.6) is 0 Å². The highest BCUT2D eigenvalue weighted by Gasteiger charge is 2.24. The van der Waals surface area contributed by atoms with E-state index < -0.39 is 0 Å². The van der Waals surface area contributed by atoms with Crippen LogP contribution in [0.1, 0.15) is 37.1 Å². The van der Waals surface area contributed by atoms with E-state index in [1.807, 2.05) is 11.6 Å². The van der Waals surface area contributed by atoms with Crippen molar-refractivity contribution in [1.29, 1.82) is 0 Å². The zero-order valence-corrected chi connectivity index (χ0v) is 10.7. The molecule has 1 heterocycles. The summed E-state index contributed by atoms with van der Waals surface area (Å²) in [5.41, 5.74) is 2.24. The number of hydrogen-bond acceptors (Lipinski definition) is 2. The summed E-state index contributed by atoms with van der Waals surface area (Å²) < 4.78 is 2.00. The fourth-order valence-electron chi connectivity index (χ4n) is 2.16. The second kappa shape index (κ2) is 5.34. The molecule has 94 valence electrons. The first-order valence-corrected chi connectivity index (χ1v) is 6.45. The van der Waals surface area contributed by atoms with E-state index in [0.29, 0.717) is 5.92 Å². The number of nitrogens with one attached hydrogen (secondary N) is 1. The van der Waals surface area contributed by atoms with Crippen LogP contribution >= 0.6 is 0 Å². The maximum Gasteiger partial charge on any atom is 0.223 e. The number of aromatic nitrogens is 2. The Bertz CT molecular complexity index is 393. The van der Waals surface area contributed by atoms with E-state index in [9.17, 15) is 4.79 Å². The molecule has 1 N–H and O–H groups in total. The molecule has 4 heteroatoms. The van der Waals surface area contributed by atoms with Gasteiger partial charge in [-0.1, -0.05) is 6.42 Å². The minimum absolute atomic E-state index is 0.240. The first-order chi connectivity index (χ1) is 8.16. The van der Waals surface area contributed by atoms with E-state index >= 15 is 0 Å². The first kappa shape index (κ1) is 12.1. The summed E-state index contributed by atoms with van der Waals surface area (Å²) in [7, 11) is 0. The van der Waals surface area contributed by atoms with Crippen LogP contribution < -0.4 is 5.32 Å². The van der Waals surface area contributed by atoms with Gasteiger partial charge in [0.05, 0.1) is 5.69 Å². The van der Waals surface area contributed by atoms with Gasteiger partial charge in [-0.15, -0.1) is 0 Å². The summed E-state index contributed by atoms with van der Waals surface area (Å²) in [6.07, 6.45) is 4.30. The standard InChI is InChI=1S/C13H21N3O/c1-10-9-11(2)16(15-10)8-4-7-14-13(17)12-5-3-6-12/h9,12H,3-8H2,1-2H3,(H,14,17). The third kappa shape index (κ3) is 3.08. The van der Waals surface area contributed by atoms with E-state index in [1.54, 1.807) is 0 Å². The monoisotopic (exact) mass is 235 g/mol. The Hall–Kier alpha value is -1.32. The van der Waals surface area contributed by atoms with Gasteiger partial charge in [-0.05, 0) is 39.2 Å². The predicted octanol–water partition coefficient (Wildman–Crippen LogP) is 1.81. The lowest BCUT2D eigenvalue weighted by atomic mass is 9.85. The molecule has 0 saturated heterocycles. The maximum atomic E-state index is 11.6. The zero-order chi connectivity index (χ0) is 12.3. The van der Waals surface area contributed by atoms with Crippen molar-refractivity contribution >= 4 is 5.91 Å². The molecule has 1 amide bonds. The fraction of sp³-hybridized carbons (Fsp3) is 0.692. The zero-order valence-electron chi connectivity index (χ0n) is 10.7. The van der Waals surface area contributed by atoms with Gasteiger partial charge in [-0.2, -0.15) is 5.10 Å². The molecule has 4 nitrogen and oxygen atoms in total. The molecule has 0 spiro atoms. The highest BCUT2D eigenvalue weighted by Crippen LogP contribution is 2.25. The highest BCUT2D eigenvalue weighted by atomic mass is 16.1. The quantitative estimate of drug-likeness (QED) is 0.791. The highest BCUT2D eigenvalue weighted by molar-refractivity contribution is 5.79. The van der Waals surface area contributed by atoms with E-state index in [1.165, 1.54) is 12.1 Å². The van der Waals surface area contributed by atoms with Crippen molar-refractivity contribution in [3.63, 3.8) is 0 Å². The van der Waals surface area contributed by atoms with Crippen molar-refractivity contribution < 1.29 is 4.79 Å². The van der Waals surface area contributed by atoms with Crippen LogP contribution in [0.3, 0.4) is 0 Å². The molecule has 0 radical (unpaired) electrons. The second-order valence-electron chi connectivity index (χ2n) is 4.92. The van der Waals surface area contributed by atoms with Gasteiger partial charge >= 0.3 is 0 Å². The number of rotatable bonds is 5. The fourth-order valence-corrected chi connectivity index (χ4v) is 2.16. The van der Waals surface area contributed by atoms with Gasteiger partial charge in [-0.3, -0.25) is 9.48 Å². The van der Waals surface area contributed by atoms with Crippen LogP contribution in [0, 0.1) is 19.8 Å². The van der Waals surface area contributed by atoms with Crippen LogP contribution in [0.15, 0.2) is 6.07 Å². The van der Waals surface area contributed by atoms with Gasteiger partial charge in [-0.25, -0.2) is 0 Å². The molecule has 2 rings (SSSR count). The minimum atomic E-state index is 0.240. The molecule has 1 aliphatic rings.